The number of furan rings is 1. The first-order valence-corrected chi connectivity index (χ1v) is 9.30. The highest BCUT2D eigenvalue weighted by atomic mass is 35.5. The van der Waals surface area contributed by atoms with E-state index in [1.54, 1.807) is 21.9 Å². The van der Waals surface area contributed by atoms with Crippen LogP contribution in [0, 0.1) is 6.92 Å². The molecule has 138 valence electrons. The number of fused-ring (bicyclic) bond motifs is 1. The van der Waals surface area contributed by atoms with Gasteiger partial charge in [-0.2, -0.15) is 0 Å². The number of carbonyl (C=O) groups is 2. The number of rotatable bonds is 2. The molecule has 6 nitrogen and oxygen atoms in total. The smallest absolute Gasteiger partial charge is 0.290 e. The van der Waals surface area contributed by atoms with Crippen LogP contribution in [-0.4, -0.2) is 60.5 Å². The molecule has 2 aliphatic rings. The summed E-state index contributed by atoms with van der Waals surface area (Å²) in [6, 6.07) is 5.33. The van der Waals surface area contributed by atoms with Crippen molar-refractivity contribution < 1.29 is 18.7 Å². The Balaban J connectivity index is 1.45. The minimum absolute atomic E-state index is 0.0455. The molecule has 3 heterocycles. The maximum absolute atomic E-state index is 12.9. The molecule has 1 atom stereocenters. The SMILES string of the molecule is Cc1c(C(=O)N2CCN(C(=O)C3CCCO3)CC2)oc2ccc(Cl)cc12. The van der Waals surface area contributed by atoms with Crippen molar-refractivity contribution in [1.29, 1.82) is 0 Å². The monoisotopic (exact) mass is 376 g/mol. The lowest BCUT2D eigenvalue weighted by Gasteiger charge is -2.35. The lowest BCUT2D eigenvalue weighted by atomic mass is 10.1. The maximum atomic E-state index is 12.9. The Hall–Kier alpha value is -2.05. The topological polar surface area (TPSA) is 63.0 Å². The van der Waals surface area contributed by atoms with Gasteiger partial charge in [-0.3, -0.25) is 9.59 Å². The Kier molecular flexibility index (Phi) is 4.63. The Labute approximate surface area is 156 Å². The number of aryl methyl sites for hydroxylation is 1. The third kappa shape index (κ3) is 3.08. The van der Waals surface area contributed by atoms with Crippen molar-refractivity contribution in [2.45, 2.75) is 25.9 Å². The van der Waals surface area contributed by atoms with E-state index in [-0.39, 0.29) is 17.9 Å². The van der Waals surface area contributed by atoms with E-state index in [1.807, 2.05) is 13.0 Å². The molecular weight excluding hydrogens is 356 g/mol. The van der Waals surface area contributed by atoms with E-state index in [1.165, 1.54) is 0 Å². The molecule has 2 aliphatic heterocycles. The summed E-state index contributed by atoms with van der Waals surface area (Å²) in [5, 5.41) is 1.47. The molecule has 2 fully saturated rings. The summed E-state index contributed by atoms with van der Waals surface area (Å²) in [5.74, 6) is 0.254. The fourth-order valence-electron chi connectivity index (χ4n) is 3.65. The second-order valence-electron chi connectivity index (χ2n) is 6.82. The van der Waals surface area contributed by atoms with Crippen LogP contribution in [0.4, 0.5) is 0 Å². The van der Waals surface area contributed by atoms with Crippen molar-refractivity contribution in [3.8, 4) is 0 Å². The zero-order valence-corrected chi connectivity index (χ0v) is 15.4. The van der Waals surface area contributed by atoms with Gasteiger partial charge in [0.05, 0.1) is 0 Å². The molecule has 1 aromatic carbocycles. The van der Waals surface area contributed by atoms with E-state index >= 15 is 0 Å². The van der Waals surface area contributed by atoms with Gasteiger partial charge < -0.3 is 19.0 Å². The summed E-state index contributed by atoms with van der Waals surface area (Å²) < 4.78 is 11.2. The van der Waals surface area contributed by atoms with Gasteiger partial charge in [-0.15, -0.1) is 0 Å². The fraction of sp³-hybridized carbons (Fsp3) is 0.474. The number of piperazine rings is 1. The third-order valence-corrected chi connectivity index (χ3v) is 5.41. The Morgan fingerprint density at radius 3 is 2.58 bits per heavy atom. The van der Waals surface area contributed by atoms with Crippen LogP contribution in [0.5, 0.6) is 0 Å². The number of hydrogen-bond donors (Lipinski definition) is 0. The zero-order valence-electron chi connectivity index (χ0n) is 14.7. The molecule has 4 rings (SSSR count). The second kappa shape index (κ2) is 6.93. The average molecular weight is 377 g/mol. The van der Waals surface area contributed by atoms with Crippen LogP contribution in [0.2, 0.25) is 5.02 Å². The predicted octanol–water partition coefficient (Wildman–Crippen LogP) is 2.86. The van der Waals surface area contributed by atoms with Crippen molar-refractivity contribution >= 4 is 34.4 Å². The molecule has 7 heteroatoms. The highest BCUT2D eigenvalue weighted by Crippen LogP contribution is 2.29. The quantitative estimate of drug-likeness (QED) is 0.808. The molecule has 0 aliphatic carbocycles. The number of hydrogen-bond acceptors (Lipinski definition) is 4. The van der Waals surface area contributed by atoms with Gasteiger partial charge in [0.2, 0.25) is 0 Å². The molecule has 2 amide bonds. The van der Waals surface area contributed by atoms with E-state index < -0.39 is 0 Å². The number of benzene rings is 1. The van der Waals surface area contributed by atoms with E-state index in [2.05, 4.69) is 0 Å². The number of ether oxygens (including phenoxy) is 1. The fourth-order valence-corrected chi connectivity index (χ4v) is 3.82. The number of halogens is 1. The average Bonchev–Trinajstić information content (AvgIpc) is 3.30. The van der Waals surface area contributed by atoms with Crippen molar-refractivity contribution in [2.75, 3.05) is 32.8 Å². The number of nitrogens with zero attached hydrogens (tertiary/aromatic N) is 2. The predicted molar refractivity (Wildman–Crippen MR) is 97.4 cm³/mol. The minimum Gasteiger partial charge on any atom is -0.451 e. The van der Waals surface area contributed by atoms with E-state index in [9.17, 15) is 9.59 Å². The van der Waals surface area contributed by atoms with Crippen molar-refractivity contribution in [3.63, 3.8) is 0 Å². The van der Waals surface area contributed by atoms with Gasteiger partial charge in [-0.05, 0) is 38.0 Å². The molecule has 26 heavy (non-hydrogen) atoms. The van der Waals surface area contributed by atoms with Crippen LogP contribution in [0.25, 0.3) is 11.0 Å². The van der Waals surface area contributed by atoms with Crippen LogP contribution in [0.15, 0.2) is 22.6 Å². The lowest BCUT2D eigenvalue weighted by Crippen LogP contribution is -2.52. The summed E-state index contributed by atoms with van der Waals surface area (Å²) >= 11 is 6.04. The number of carbonyl (C=O) groups excluding carboxylic acids is 2. The summed E-state index contributed by atoms with van der Waals surface area (Å²) in [6.45, 7) is 4.56. The third-order valence-electron chi connectivity index (χ3n) is 5.18. The van der Waals surface area contributed by atoms with Gasteiger partial charge in [-0.25, -0.2) is 0 Å². The van der Waals surface area contributed by atoms with Gasteiger partial charge in [0.15, 0.2) is 5.76 Å². The van der Waals surface area contributed by atoms with E-state index in [0.29, 0.717) is 49.2 Å². The van der Waals surface area contributed by atoms with Crippen molar-refractivity contribution in [1.82, 2.24) is 9.80 Å². The first-order valence-electron chi connectivity index (χ1n) is 8.93. The summed E-state index contributed by atoms with van der Waals surface area (Å²) in [5.41, 5.74) is 1.45. The first kappa shape index (κ1) is 17.4. The summed E-state index contributed by atoms with van der Waals surface area (Å²) in [7, 11) is 0. The number of amides is 2. The standard InChI is InChI=1S/C19H21ClN2O4/c1-12-14-11-13(20)4-5-15(14)26-17(12)19(24)22-8-6-21(7-9-22)18(23)16-3-2-10-25-16/h4-5,11,16H,2-3,6-10H2,1H3. The largest absolute Gasteiger partial charge is 0.451 e. The van der Waals surface area contributed by atoms with Crippen LogP contribution in [0.1, 0.15) is 29.0 Å². The van der Waals surface area contributed by atoms with Gasteiger partial charge in [0.25, 0.3) is 11.8 Å². The molecule has 0 spiro atoms. The van der Waals surface area contributed by atoms with E-state index in [0.717, 1.165) is 23.8 Å². The highest BCUT2D eigenvalue weighted by molar-refractivity contribution is 6.31. The summed E-state index contributed by atoms with van der Waals surface area (Å²) in [4.78, 5) is 28.8. The molecule has 1 aromatic heterocycles. The highest BCUT2D eigenvalue weighted by Gasteiger charge is 2.32. The minimum atomic E-state index is -0.306. The lowest BCUT2D eigenvalue weighted by molar-refractivity contribution is -0.142. The van der Waals surface area contributed by atoms with E-state index in [4.69, 9.17) is 20.8 Å². The second-order valence-corrected chi connectivity index (χ2v) is 7.25. The molecule has 2 aromatic rings. The maximum Gasteiger partial charge on any atom is 0.290 e. The van der Waals surface area contributed by atoms with Crippen LogP contribution in [0.3, 0.4) is 0 Å². The Morgan fingerprint density at radius 1 is 1.15 bits per heavy atom. The molecule has 2 saturated heterocycles. The van der Waals surface area contributed by atoms with Gasteiger partial charge in [-0.1, -0.05) is 11.6 Å². The van der Waals surface area contributed by atoms with Gasteiger partial charge >= 0.3 is 0 Å². The zero-order chi connectivity index (χ0) is 18.3. The van der Waals surface area contributed by atoms with Crippen LogP contribution < -0.4 is 0 Å². The Bertz CT molecular complexity index is 849. The van der Waals surface area contributed by atoms with Crippen LogP contribution >= 0.6 is 11.6 Å². The summed E-state index contributed by atoms with van der Waals surface area (Å²) in [6.07, 6.45) is 1.42. The van der Waals surface area contributed by atoms with Gasteiger partial charge in [0, 0.05) is 48.8 Å². The normalized spacial score (nSPS) is 20.8. The Morgan fingerprint density at radius 2 is 1.88 bits per heavy atom. The van der Waals surface area contributed by atoms with Crippen LogP contribution in [-0.2, 0) is 9.53 Å². The van der Waals surface area contributed by atoms with Gasteiger partial charge in [0.1, 0.15) is 11.7 Å². The molecule has 0 radical (unpaired) electrons. The first-order chi connectivity index (χ1) is 12.5. The van der Waals surface area contributed by atoms with Crippen molar-refractivity contribution in [3.05, 3.63) is 34.5 Å². The molecule has 1 unspecified atom stereocenters. The molecular formula is C19H21ClN2O4. The van der Waals surface area contributed by atoms with Crippen molar-refractivity contribution in [2.24, 2.45) is 0 Å². The molecule has 0 N–H and O–H groups in total. The molecule has 0 saturated carbocycles. The molecule has 0 bridgehead atoms.